The highest BCUT2D eigenvalue weighted by atomic mass is 16.2. The summed E-state index contributed by atoms with van der Waals surface area (Å²) in [5, 5.41) is 0. The van der Waals surface area contributed by atoms with E-state index in [1.807, 2.05) is 11.0 Å². The van der Waals surface area contributed by atoms with Crippen LogP contribution in [0.4, 0.5) is 0 Å². The van der Waals surface area contributed by atoms with Gasteiger partial charge in [0.25, 0.3) is 0 Å². The molecule has 0 aliphatic carbocycles. The average Bonchev–Trinajstić information content (AvgIpc) is 2.72. The Kier molecular flexibility index (Phi) is 6.00. The molecule has 0 bridgehead atoms. The summed E-state index contributed by atoms with van der Waals surface area (Å²) in [5.74, 6) is 0.288. The van der Waals surface area contributed by atoms with Gasteiger partial charge < -0.3 is 4.90 Å². The quantitative estimate of drug-likeness (QED) is 0.777. The second kappa shape index (κ2) is 7.99. The van der Waals surface area contributed by atoms with E-state index in [4.69, 9.17) is 0 Å². The Morgan fingerprint density at radius 3 is 2.67 bits per heavy atom. The standard InChI is InChI=1S/C18H26N2O/c1-3-11-19-12-4-13-20(15-14-19)18(21)10-9-17-7-5-16(2)6-8-17/h3,5-8H,1,4,9-15H2,2H3. The number of carbonyl (C=O) groups is 1. The molecule has 114 valence electrons. The summed E-state index contributed by atoms with van der Waals surface area (Å²) in [6.07, 6.45) is 4.45. The predicted octanol–water partition coefficient (Wildman–Crippen LogP) is 2.65. The van der Waals surface area contributed by atoms with Crippen molar-refractivity contribution < 1.29 is 4.79 Å². The van der Waals surface area contributed by atoms with Crippen LogP contribution in [0.1, 0.15) is 24.0 Å². The lowest BCUT2D eigenvalue weighted by Gasteiger charge is -2.21. The fraction of sp³-hybridized carbons (Fsp3) is 0.500. The topological polar surface area (TPSA) is 23.6 Å². The van der Waals surface area contributed by atoms with Crippen molar-refractivity contribution in [2.75, 3.05) is 32.7 Å². The second-order valence-corrected chi connectivity index (χ2v) is 5.81. The Hall–Kier alpha value is -1.61. The van der Waals surface area contributed by atoms with Crippen LogP contribution in [-0.2, 0) is 11.2 Å². The third-order valence-electron chi connectivity index (χ3n) is 4.08. The van der Waals surface area contributed by atoms with Crippen molar-refractivity contribution in [2.24, 2.45) is 0 Å². The van der Waals surface area contributed by atoms with Crippen molar-refractivity contribution in [3.63, 3.8) is 0 Å². The number of nitrogens with zero attached hydrogens (tertiary/aromatic N) is 2. The Bertz CT molecular complexity index is 467. The summed E-state index contributed by atoms with van der Waals surface area (Å²) >= 11 is 0. The minimum absolute atomic E-state index is 0.288. The molecule has 0 unspecified atom stereocenters. The summed E-state index contributed by atoms with van der Waals surface area (Å²) in [5.41, 5.74) is 2.51. The van der Waals surface area contributed by atoms with Gasteiger partial charge in [0.2, 0.25) is 5.91 Å². The zero-order chi connectivity index (χ0) is 15.1. The van der Waals surface area contributed by atoms with Crippen molar-refractivity contribution in [3.8, 4) is 0 Å². The highest BCUT2D eigenvalue weighted by Crippen LogP contribution is 2.09. The Morgan fingerprint density at radius 2 is 1.95 bits per heavy atom. The molecule has 2 rings (SSSR count). The molecule has 1 aliphatic heterocycles. The first-order chi connectivity index (χ1) is 10.2. The van der Waals surface area contributed by atoms with Gasteiger partial charge in [-0.2, -0.15) is 0 Å². The van der Waals surface area contributed by atoms with E-state index < -0.39 is 0 Å². The van der Waals surface area contributed by atoms with Crippen LogP contribution in [0.15, 0.2) is 36.9 Å². The number of hydrogen-bond donors (Lipinski definition) is 0. The molecular weight excluding hydrogens is 260 g/mol. The van der Waals surface area contributed by atoms with Crippen molar-refractivity contribution in [2.45, 2.75) is 26.2 Å². The van der Waals surface area contributed by atoms with Crippen LogP contribution in [0.3, 0.4) is 0 Å². The number of benzene rings is 1. The molecule has 0 N–H and O–H groups in total. The van der Waals surface area contributed by atoms with E-state index in [0.29, 0.717) is 6.42 Å². The molecule has 1 heterocycles. The van der Waals surface area contributed by atoms with Crippen LogP contribution in [0.2, 0.25) is 0 Å². The van der Waals surface area contributed by atoms with Crippen LogP contribution in [0, 0.1) is 6.92 Å². The molecule has 3 nitrogen and oxygen atoms in total. The summed E-state index contributed by atoms with van der Waals surface area (Å²) in [7, 11) is 0. The summed E-state index contributed by atoms with van der Waals surface area (Å²) in [6.45, 7) is 10.6. The number of aryl methyl sites for hydroxylation is 2. The minimum atomic E-state index is 0.288. The third-order valence-corrected chi connectivity index (χ3v) is 4.08. The lowest BCUT2D eigenvalue weighted by atomic mass is 10.1. The Balaban J connectivity index is 1.80. The van der Waals surface area contributed by atoms with Crippen LogP contribution in [0.25, 0.3) is 0 Å². The Morgan fingerprint density at radius 1 is 1.19 bits per heavy atom. The minimum Gasteiger partial charge on any atom is -0.341 e. The van der Waals surface area contributed by atoms with Gasteiger partial charge in [0.05, 0.1) is 0 Å². The molecule has 1 aliphatic rings. The molecule has 0 saturated carbocycles. The molecule has 0 atom stereocenters. The lowest BCUT2D eigenvalue weighted by molar-refractivity contribution is -0.131. The van der Waals surface area contributed by atoms with Gasteiger partial charge in [-0.25, -0.2) is 0 Å². The van der Waals surface area contributed by atoms with Crippen LogP contribution >= 0.6 is 0 Å². The molecule has 1 aromatic rings. The van der Waals surface area contributed by atoms with Gasteiger partial charge in [-0.05, 0) is 25.3 Å². The Labute approximate surface area is 128 Å². The third kappa shape index (κ3) is 5.01. The number of carbonyl (C=O) groups excluding carboxylic acids is 1. The van der Waals surface area contributed by atoms with Crippen molar-refractivity contribution >= 4 is 5.91 Å². The van der Waals surface area contributed by atoms with Crippen LogP contribution in [-0.4, -0.2) is 48.4 Å². The van der Waals surface area contributed by atoms with Crippen molar-refractivity contribution in [1.29, 1.82) is 0 Å². The highest BCUT2D eigenvalue weighted by molar-refractivity contribution is 5.76. The van der Waals surface area contributed by atoms with E-state index in [9.17, 15) is 4.79 Å². The van der Waals surface area contributed by atoms with E-state index in [1.54, 1.807) is 0 Å². The number of hydrogen-bond acceptors (Lipinski definition) is 2. The molecule has 21 heavy (non-hydrogen) atoms. The molecule has 1 fully saturated rings. The summed E-state index contributed by atoms with van der Waals surface area (Å²) in [6, 6.07) is 8.46. The monoisotopic (exact) mass is 286 g/mol. The molecule has 3 heteroatoms. The van der Waals surface area contributed by atoms with Gasteiger partial charge in [-0.15, -0.1) is 6.58 Å². The highest BCUT2D eigenvalue weighted by Gasteiger charge is 2.18. The maximum Gasteiger partial charge on any atom is 0.222 e. The zero-order valence-corrected chi connectivity index (χ0v) is 13.1. The van der Waals surface area contributed by atoms with Crippen molar-refractivity contribution in [3.05, 3.63) is 48.0 Å². The first kappa shape index (κ1) is 15.8. The second-order valence-electron chi connectivity index (χ2n) is 5.81. The largest absolute Gasteiger partial charge is 0.341 e. The molecule has 1 amide bonds. The normalized spacial score (nSPS) is 16.5. The molecule has 0 radical (unpaired) electrons. The fourth-order valence-corrected chi connectivity index (χ4v) is 2.75. The van der Waals surface area contributed by atoms with Gasteiger partial charge in [0, 0.05) is 39.1 Å². The number of amides is 1. The number of rotatable bonds is 5. The smallest absolute Gasteiger partial charge is 0.222 e. The van der Waals surface area contributed by atoms with Gasteiger partial charge in [0.1, 0.15) is 0 Å². The summed E-state index contributed by atoms with van der Waals surface area (Å²) < 4.78 is 0. The van der Waals surface area contributed by atoms with Crippen LogP contribution < -0.4 is 0 Å². The van der Waals surface area contributed by atoms with E-state index in [-0.39, 0.29) is 5.91 Å². The molecule has 1 saturated heterocycles. The lowest BCUT2D eigenvalue weighted by Crippen LogP contribution is -2.35. The van der Waals surface area contributed by atoms with E-state index in [0.717, 1.165) is 45.6 Å². The maximum atomic E-state index is 12.3. The van der Waals surface area contributed by atoms with E-state index >= 15 is 0 Å². The molecule has 0 aromatic heterocycles. The average molecular weight is 286 g/mol. The molecule has 0 spiro atoms. The first-order valence-corrected chi connectivity index (χ1v) is 7.85. The van der Waals surface area contributed by atoms with Gasteiger partial charge in [0.15, 0.2) is 0 Å². The van der Waals surface area contributed by atoms with Gasteiger partial charge in [-0.1, -0.05) is 35.9 Å². The van der Waals surface area contributed by atoms with E-state index in [1.165, 1.54) is 11.1 Å². The SMILES string of the molecule is C=CCN1CCCN(C(=O)CCc2ccc(C)cc2)CC1. The van der Waals surface area contributed by atoms with Crippen molar-refractivity contribution in [1.82, 2.24) is 9.80 Å². The summed E-state index contributed by atoms with van der Waals surface area (Å²) in [4.78, 5) is 16.7. The van der Waals surface area contributed by atoms with Gasteiger partial charge in [-0.3, -0.25) is 9.69 Å². The molecular formula is C18H26N2O. The van der Waals surface area contributed by atoms with Gasteiger partial charge >= 0.3 is 0 Å². The maximum absolute atomic E-state index is 12.3. The zero-order valence-electron chi connectivity index (χ0n) is 13.1. The van der Waals surface area contributed by atoms with E-state index in [2.05, 4.69) is 42.7 Å². The van der Waals surface area contributed by atoms with Crippen LogP contribution in [0.5, 0.6) is 0 Å². The molecule has 1 aromatic carbocycles. The fourth-order valence-electron chi connectivity index (χ4n) is 2.75. The first-order valence-electron chi connectivity index (χ1n) is 7.85. The predicted molar refractivity (Wildman–Crippen MR) is 87.3 cm³/mol.